The molecule has 0 aliphatic carbocycles. The van der Waals surface area contributed by atoms with Crippen LogP contribution in [0.25, 0.3) is 22.4 Å². The van der Waals surface area contributed by atoms with Gasteiger partial charge in [-0.2, -0.15) is 0 Å². The van der Waals surface area contributed by atoms with Crippen molar-refractivity contribution in [3.63, 3.8) is 0 Å². The number of pyridine rings is 1. The van der Waals surface area contributed by atoms with E-state index in [1.165, 1.54) is 18.3 Å². The number of hydrogen-bond donors (Lipinski definition) is 2. The van der Waals surface area contributed by atoms with Crippen LogP contribution in [0, 0.1) is 5.82 Å². The molecule has 1 amide bonds. The number of phenolic OH excluding ortho intramolecular Hbond substituents is 1. The van der Waals surface area contributed by atoms with Gasteiger partial charge in [-0.15, -0.1) is 0 Å². The summed E-state index contributed by atoms with van der Waals surface area (Å²) in [6, 6.07) is 15.8. The van der Waals surface area contributed by atoms with Gasteiger partial charge < -0.3 is 5.11 Å². The number of nitrogens with one attached hydrogen (secondary N) is 1. The molecule has 0 saturated carbocycles. The number of amides is 1. The summed E-state index contributed by atoms with van der Waals surface area (Å²) < 4.78 is 30.2. The lowest BCUT2D eigenvalue weighted by molar-refractivity contribution is -0.117. The number of aromatic nitrogens is 1. The molecular formula is C19H14FN3O3S. The molecule has 1 unspecified atom stereocenters. The maximum Gasteiger partial charge on any atom is 0.253 e. The van der Waals surface area contributed by atoms with E-state index in [0.29, 0.717) is 5.56 Å². The van der Waals surface area contributed by atoms with Crippen molar-refractivity contribution in [3.05, 3.63) is 66.6 Å². The summed E-state index contributed by atoms with van der Waals surface area (Å²) >= 11 is -1.94. The first-order valence-corrected chi connectivity index (χ1v) is 9.17. The fraction of sp³-hybridized carbons (Fsp3) is 0.0526. The molecule has 1 saturated heterocycles. The highest BCUT2D eigenvalue weighted by molar-refractivity contribution is 7.85. The quantitative estimate of drug-likeness (QED) is 0.729. The molecule has 136 valence electrons. The number of aromatic hydroxyl groups is 1. The third-order valence-electron chi connectivity index (χ3n) is 4.18. The topological polar surface area (TPSA) is 82.5 Å². The highest BCUT2D eigenvalue weighted by atomic mass is 32.2. The van der Waals surface area contributed by atoms with Crippen molar-refractivity contribution in [3.8, 4) is 28.1 Å². The molecular weight excluding hydrogens is 369 g/mol. The second kappa shape index (κ2) is 6.81. The number of hydrogen-bond acceptors (Lipinski definition) is 4. The lowest BCUT2D eigenvalue weighted by Gasteiger charge is -2.18. The van der Waals surface area contributed by atoms with E-state index < -0.39 is 28.6 Å². The fourth-order valence-electron chi connectivity index (χ4n) is 2.88. The molecule has 27 heavy (non-hydrogen) atoms. The normalized spacial score (nSPS) is 16.4. The zero-order valence-corrected chi connectivity index (χ0v) is 14.7. The number of anilines is 1. The summed E-state index contributed by atoms with van der Waals surface area (Å²) in [5, 5.41) is 10.0. The van der Waals surface area contributed by atoms with Crippen molar-refractivity contribution in [1.29, 1.82) is 0 Å². The molecule has 0 radical (unpaired) electrons. The van der Waals surface area contributed by atoms with Crippen molar-refractivity contribution in [2.45, 2.75) is 0 Å². The summed E-state index contributed by atoms with van der Waals surface area (Å²) in [4.78, 5) is 15.8. The summed E-state index contributed by atoms with van der Waals surface area (Å²) in [5.41, 5.74) is 2.09. The Morgan fingerprint density at radius 1 is 1.07 bits per heavy atom. The van der Waals surface area contributed by atoms with Gasteiger partial charge in [0.1, 0.15) is 18.0 Å². The van der Waals surface area contributed by atoms with Gasteiger partial charge in [-0.25, -0.2) is 8.60 Å². The Labute approximate surface area is 157 Å². The smallest absolute Gasteiger partial charge is 0.253 e. The Hall–Kier alpha value is -3.26. The molecule has 2 N–H and O–H groups in total. The minimum absolute atomic E-state index is 0.186. The van der Waals surface area contributed by atoms with Crippen LogP contribution in [0.4, 0.5) is 10.1 Å². The fourth-order valence-corrected chi connectivity index (χ4v) is 3.83. The van der Waals surface area contributed by atoms with E-state index in [2.05, 4.69) is 9.71 Å². The SMILES string of the molecule is O=C1CN(c2c(O)ccc(-c3ccc(-c4ccccc4)nc3)c2F)S(=O)N1. The van der Waals surface area contributed by atoms with E-state index in [-0.39, 0.29) is 17.8 Å². The average molecular weight is 383 g/mol. The van der Waals surface area contributed by atoms with E-state index >= 15 is 4.39 Å². The molecule has 8 heteroatoms. The second-order valence-electron chi connectivity index (χ2n) is 5.90. The largest absolute Gasteiger partial charge is 0.506 e. The molecule has 1 fully saturated rings. The molecule has 1 aromatic heterocycles. The third kappa shape index (κ3) is 3.15. The number of phenols is 1. The van der Waals surface area contributed by atoms with Crippen molar-refractivity contribution in [2.24, 2.45) is 0 Å². The minimum Gasteiger partial charge on any atom is -0.506 e. The van der Waals surface area contributed by atoms with Crippen LogP contribution in [-0.2, 0) is 16.0 Å². The average Bonchev–Trinajstić information content (AvgIpc) is 3.01. The van der Waals surface area contributed by atoms with Gasteiger partial charge in [0.05, 0.1) is 5.69 Å². The van der Waals surface area contributed by atoms with E-state index in [9.17, 15) is 14.1 Å². The van der Waals surface area contributed by atoms with Crippen LogP contribution >= 0.6 is 0 Å². The molecule has 2 heterocycles. The van der Waals surface area contributed by atoms with Crippen LogP contribution in [-0.4, -0.2) is 26.8 Å². The van der Waals surface area contributed by atoms with E-state index in [1.807, 2.05) is 30.3 Å². The first-order valence-electron chi connectivity index (χ1n) is 8.07. The van der Waals surface area contributed by atoms with Crippen molar-refractivity contribution in [2.75, 3.05) is 10.8 Å². The van der Waals surface area contributed by atoms with Gasteiger partial charge in [-0.05, 0) is 18.2 Å². The van der Waals surface area contributed by atoms with Crippen molar-refractivity contribution in [1.82, 2.24) is 9.71 Å². The number of nitrogens with zero attached hydrogens (tertiary/aromatic N) is 2. The van der Waals surface area contributed by atoms with E-state index in [0.717, 1.165) is 15.6 Å². The summed E-state index contributed by atoms with van der Waals surface area (Å²) in [6.07, 6.45) is 1.53. The second-order valence-corrected chi connectivity index (χ2v) is 7.05. The van der Waals surface area contributed by atoms with Gasteiger partial charge in [0.15, 0.2) is 5.82 Å². The molecule has 1 aliphatic rings. The predicted molar refractivity (Wildman–Crippen MR) is 100 cm³/mol. The summed E-state index contributed by atoms with van der Waals surface area (Å²) in [5.74, 6) is -1.67. The number of carbonyl (C=O) groups excluding carboxylic acids is 1. The maximum absolute atomic E-state index is 15.1. The van der Waals surface area contributed by atoms with Gasteiger partial charge in [-0.1, -0.05) is 36.4 Å². The Kier molecular flexibility index (Phi) is 4.33. The maximum atomic E-state index is 15.1. The van der Waals surface area contributed by atoms with Crippen LogP contribution in [0.2, 0.25) is 0 Å². The standard InChI is InChI=1S/C19H14FN3O3S/c20-18-14(7-9-16(24)19(18)23-11-17(25)22-27(23)26)13-6-8-15(21-10-13)12-4-2-1-3-5-12/h1-10,24H,11H2,(H,22,25). The van der Waals surface area contributed by atoms with Gasteiger partial charge in [-0.3, -0.25) is 18.8 Å². The number of halogens is 1. The Balaban J connectivity index is 1.73. The lowest BCUT2D eigenvalue weighted by Crippen LogP contribution is -2.23. The Morgan fingerprint density at radius 2 is 1.85 bits per heavy atom. The lowest BCUT2D eigenvalue weighted by atomic mass is 10.0. The van der Waals surface area contributed by atoms with E-state index in [1.54, 1.807) is 12.1 Å². The number of benzene rings is 2. The molecule has 1 atom stereocenters. The van der Waals surface area contributed by atoms with Gasteiger partial charge in [0, 0.05) is 22.9 Å². The molecule has 2 aromatic carbocycles. The summed E-state index contributed by atoms with van der Waals surface area (Å²) in [6.45, 7) is -0.300. The number of carbonyl (C=O) groups is 1. The first-order chi connectivity index (χ1) is 13.0. The van der Waals surface area contributed by atoms with Gasteiger partial charge in [0.2, 0.25) is 11.2 Å². The van der Waals surface area contributed by atoms with Crippen LogP contribution in [0.15, 0.2) is 60.8 Å². The highest BCUT2D eigenvalue weighted by Crippen LogP contribution is 2.38. The Morgan fingerprint density at radius 3 is 2.48 bits per heavy atom. The van der Waals surface area contributed by atoms with Crippen molar-refractivity contribution >= 4 is 22.8 Å². The third-order valence-corrected chi connectivity index (χ3v) is 5.29. The van der Waals surface area contributed by atoms with Crippen LogP contribution in [0.5, 0.6) is 5.75 Å². The van der Waals surface area contributed by atoms with Gasteiger partial charge in [0.25, 0.3) is 5.91 Å². The van der Waals surface area contributed by atoms with Crippen LogP contribution in [0.3, 0.4) is 0 Å². The monoisotopic (exact) mass is 383 g/mol. The predicted octanol–water partition coefficient (Wildman–Crippen LogP) is 2.78. The number of rotatable bonds is 3. The minimum atomic E-state index is -1.94. The molecule has 6 nitrogen and oxygen atoms in total. The zero-order chi connectivity index (χ0) is 19.0. The highest BCUT2D eigenvalue weighted by Gasteiger charge is 2.32. The Bertz CT molecular complexity index is 1040. The molecule has 1 aliphatic heterocycles. The van der Waals surface area contributed by atoms with Gasteiger partial charge >= 0.3 is 0 Å². The zero-order valence-electron chi connectivity index (χ0n) is 13.9. The van der Waals surface area contributed by atoms with E-state index in [4.69, 9.17) is 0 Å². The molecule has 0 bridgehead atoms. The molecule has 4 rings (SSSR count). The summed E-state index contributed by atoms with van der Waals surface area (Å²) in [7, 11) is 0. The van der Waals surface area contributed by atoms with Crippen LogP contribution < -0.4 is 9.03 Å². The molecule has 0 spiro atoms. The first kappa shape index (κ1) is 17.2. The molecule has 3 aromatic rings. The van der Waals surface area contributed by atoms with Crippen LogP contribution in [0.1, 0.15) is 0 Å². The van der Waals surface area contributed by atoms with Crippen molar-refractivity contribution < 1.29 is 18.5 Å².